The van der Waals surface area contributed by atoms with Crippen molar-refractivity contribution in [3.8, 4) is 0 Å². The van der Waals surface area contributed by atoms with Crippen LogP contribution >= 0.6 is 0 Å². The molecular formula is C32H61NO3S. The fourth-order valence-electron chi connectivity index (χ4n) is 5.90. The lowest BCUT2D eigenvalue weighted by Gasteiger charge is -2.37. The molecule has 0 aromatic heterocycles. The van der Waals surface area contributed by atoms with Crippen LogP contribution in [0.1, 0.15) is 167 Å². The molecule has 1 rings (SSSR count). The van der Waals surface area contributed by atoms with E-state index in [0.29, 0.717) is 0 Å². The molecule has 4 N–H and O–H groups in total. The Kier molecular flexibility index (Phi) is 20.5. The predicted molar refractivity (Wildman–Crippen MR) is 161 cm³/mol. The first kappa shape index (κ1) is 36.1. The van der Waals surface area contributed by atoms with Crippen molar-refractivity contribution in [1.82, 2.24) is 6.15 Å². The van der Waals surface area contributed by atoms with E-state index in [2.05, 4.69) is 20.8 Å². The van der Waals surface area contributed by atoms with E-state index in [-0.39, 0.29) is 16.5 Å². The molecule has 0 radical (unpaired) electrons. The Hall–Kier alpha value is -0.910. The summed E-state index contributed by atoms with van der Waals surface area (Å²) in [6.45, 7) is 8.81. The van der Waals surface area contributed by atoms with Gasteiger partial charge in [-0.1, -0.05) is 142 Å². The van der Waals surface area contributed by atoms with Crippen LogP contribution in [-0.2, 0) is 15.5 Å². The summed E-state index contributed by atoms with van der Waals surface area (Å²) < 4.78 is 35.0. The molecule has 1 aromatic carbocycles. The lowest BCUT2D eigenvalue weighted by molar-refractivity contribution is 0.297. The molecule has 0 atom stereocenters. The molecule has 0 saturated carbocycles. The first-order valence-electron chi connectivity index (χ1n) is 15.4. The third kappa shape index (κ3) is 14.7. The number of rotatable bonds is 23. The van der Waals surface area contributed by atoms with E-state index in [1.807, 2.05) is 13.0 Å². The number of benzene rings is 1. The van der Waals surface area contributed by atoms with Gasteiger partial charge in [-0.05, 0) is 54.9 Å². The Bertz CT molecular complexity index is 750. The van der Waals surface area contributed by atoms with Crippen molar-refractivity contribution in [3.05, 3.63) is 29.3 Å². The number of aryl methyl sites for hydroxylation is 1. The van der Waals surface area contributed by atoms with Gasteiger partial charge in [0.15, 0.2) is 0 Å². The maximum atomic E-state index is 11.7. The Labute approximate surface area is 231 Å². The third-order valence-electron chi connectivity index (χ3n) is 8.08. The molecule has 0 unspecified atom stereocenters. The van der Waals surface area contributed by atoms with Gasteiger partial charge < -0.3 is 10.7 Å². The zero-order valence-corrected chi connectivity index (χ0v) is 26.0. The van der Waals surface area contributed by atoms with Gasteiger partial charge in [0.05, 0.1) is 4.90 Å². The van der Waals surface area contributed by atoms with Crippen molar-refractivity contribution >= 4 is 10.1 Å². The molecular weight excluding hydrogens is 478 g/mol. The molecule has 5 heteroatoms. The number of unbranched alkanes of at least 4 members (excludes halogenated alkanes) is 15. The lowest BCUT2D eigenvalue weighted by Crippen LogP contribution is -2.28. The van der Waals surface area contributed by atoms with E-state index >= 15 is 0 Å². The smallest absolute Gasteiger partial charge is 0.124 e. The van der Waals surface area contributed by atoms with Gasteiger partial charge in [0, 0.05) is 0 Å². The highest BCUT2D eigenvalue weighted by Gasteiger charge is 2.32. The molecule has 0 heterocycles. The van der Waals surface area contributed by atoms with Crippen molar-refractivity contribution in [2.45, 2.75) is 173 Å². The van der Waals surface area contributed by atoms with E-state index in [1.165, 1.54) is 140 Å². The summed E-state index contributed by atoms with van der Waals surface area (Å²) in [7, 11) is -4.43. The van der Waals surface area contributed by atoms with Crippen LogP contribution in [0, 0.1) is 6.92 Å². The average molecular weight is 540 g/mol. The Morgan fingerprint density at radius 3 is 1.30 bits per heavy atom. The third-order valence-corrected chi connectivity index (χ3v) is 8.92. The van der Waals surface area contributed by atoms with E-state index < -0.39 is 10.1 Å². The van der Waals surface area contributed by atoms with E-state index in [1.54, 1.807) is 12.1 Å². The fraction of sp³-hybridized carbons (Fsp3) is 0.812. The van der Waals surface area contributed by atoms with Crippen LogP contribution in [0.25, 0.3) is 0 Å². The summed E-state index contributed by atoms with van der Waals surface area (Å²) in [6.07, 6.45) is 26.8. The topological polar surface area (TPSA) is 93.7 Å². The number of quaternary nitrogens is 1. The minimum absolute atomic E-state index is 0. The van der Waals surface area contributed by atoms with Crippen molar-refractivity contribution < 1.29 is 13.0 Å². The van der Waals surface area contributed by atoms with Crippen LogP contribution in [0.2, 0.25) is 0 Å². The quantitative estimate of drug-likeness (QED) is 0.111. The molecule has 0 aliphatic heterocycles. The van der Waals surface area contributed by atoms with Crippen LogP contribution < -0.4 is 6.15 Å². The monoisotopic (exact) mass is 539 g/mol. The summed E-state index contributed by atoms with van der Waals surface area (Å²) >= 11 is 0. The molecule has 0 fully saturated rings. The second-order valence-corrected chi connectivity index (χ2v) is 12.6. The van der Waals surface area contributed by atoms with Gasteiger partial charge in [0.2, 0.25) is 0 Å². The van der Waals surface area contributed by atoms with Crippen molar-refractivity contribution in [3.63, 3.8) is 0 Å². The maximum absolute atomic E-state index is 11.7. The van der Waals surface area contributed by atoms with Crippen LogP contribution in [0.3, 0.4) is 0 Å². The summed E-state index contributed by atoms with van der Waals surface area (Å²) in [5.74, 6) is 0. The Morgan fingerprint density at radius 1 is 0.622 bits per heavy atom. The fourth-order valence-corrected chi connectivity index (χ4v) is 6.45. The van der Waals surface area contributed by atoms with Gasteiger partial charge in [0.1, 0.15) is 10.1 Å². The molecule has 218 valence electrons. The van der Waals surface area contributed by atoms with Crippen LogP contribution in [-0.4, -0.2) is 13.0 Å². The van der Waals surface area contributed by atoms with E-state index in [9.17, 15) is 13.0 Å². The summed E-state index contributed by atoms with van der Waals surface area (Å²) in [4.78, 5) is -0.0867. The van der Waals surface area contributed by atoms with Crippen molar-refractivity contribution in [1.29, 1.82) is 0 Å². The highest BCUT2D eigenvalue weighted by Crippen LogP contribution is 2.42. The van der Waals surface area contributed by atoms with Gasteiger partial charge in [-0.25, -0.2) is 8.42 Å². The highest BCUT2D eigenvalue weighted by molar-refractivity contribution is 7.85. The van der Waals surface area contributed by atoms with Crippen molar-refractivity contribution in [2.24, 2.45) is 0 Å². The Balaban J connectivity index is 0.0000130. The molecule has 0 bridgehead atoms. The van der Waals surface area contributed by atoms with Gasteiger partial charge in [0.25, 0.3) is 0 Å². The predicted octanol–water partition coefficient (Wildman–Crippen LogP) is 10.8. The molecule has 4 nitrogen and oxygen atoms in total. The largest absolute Gasteiger partial charge is 0.744 e. The summed E-state index contributed by atoms with van der Waals surface area (Å²) in [6, 6.07) is 5.20. The molecule has 0 spiro atoms. The van der Waals surface area contributed by atoms with Gasteiger partial charge in [-0.2, -0.15) is 0 Å². The van der Waals surface area contributed by atoms with Crippen LogP contribution in [0.15, 0.2) is 23.1 Å². The number of hydrogen-bond donors (Lipinski definition) is 1. The first-order chi connectivity index (χ1) is 17.3. The van der Waals surface area contributed by atoms with Crippen molar-refractivity contribution in [2.75, 3.05) is 0 Å². The van der Waals surface area contributed by atoms with Gasteiger partial charge >= 0.3 is 0 Å². The second-order valence-electron chi connectivity index (χ2n) is 11.3. The summed E-state index contributed by atoms with van der Waals surface area (Å²) in [5, 5.41) is 0. The van der Waals surface area contributed by atoms with Crippen LogP contribution in [0.4, 0.5) is 0 Å². The average Bonchev–Trinajstić information content (AvgIpc) is 2.84. The minimum atomic E-state index is -4.43. The SMILES string of the molecule is CCCCCCCCC(CCCCCCCC)(CCCCCCCC)c1ccc(S(=O)(=O)[O-])cc1C.[NH4+]. The van der Waals surface area contributed by atoms with Crippen LogP contribution in [0.5, 0.6) is 0 Å². The zero-order chi connectivity index (χ0) is 26.7. The normalized spacial score (nSPS) is 12.0. The van der Waals surface area contributed by atoms with E-state index in [0.717, 1.165) is 5.56 Å². The molecule has 1 aromatic rings. The standard InChI is InChI=1S/C32H58O3S.H3N/c1-5-8-11-14-17-20-25-32(26-21-18-15-12-9-6-2,27-22-19-16-13-10-7-3)31-24-23-30(28-29(31)4)36(33,34)35;/h23-24,28H,5-22,25-27H2,1-4H3,(H,33,34,35);1H3. The maximum Gasteiger partial charge on any atom is 0.124 e. The van der Waals surface area contributed by atoms with E-state index in [4.69, 9.17) is 0 Å². The van der Waals surface area contributed by atoms with Gasteiger partial charge in [-0.15, -0.1) is 0 Å². The molecule has 0 amide bonds. The highest BCUT2D eigenvalue weighted by atomic mass is 32.2. The number of hydrogen-bond acceptors (Lipinski definition) is 3. The minimum Gasteiger partial charge on any atom is -0.744 e. The van der Waals surface area contributed by atoms with Gasteiger partial charge in [-0.3, -0.25) is 0 Å². The first-order valence-corrected chi connectivity index (χ1v) is 16.8. The lowest BCUT2D eigenvalue weighted by atomic mass is 9.68. The Morgan fingerprint density at radius 2 is 0.973 bits per heavy atom. The summed E-state index contributed by atoms with van der Waals surface area (Å²) in [5.41, 5.74) is 2.37. The molecule has 0 saturated heterocycles. The second kappa shape index (κ2) is 21.0. The zero-order valence-electron chi connectivity index (χ0n) is 25.2. The molecule has 0 aliphatic rings. The molecule has 0 aliphatic carbocycles. The molecule has 37 heavy (non-hydrogen) atoms.